The Bertz CT molecular complexity index is 761. The summed E-state index contributed by atoms with van der Waals surface area (Å²) in [6.45, 7) is 6.92. The van der Waals surface area contributed by atoms with Crippen molar-refractivity contribution in [3.05, 3.63) is 59.9 Å². The van der Waals surface area contributed by atoms with Gasteiger partial charge in [-0.2, -0.15) is 0 Å². The molecule has 144 valence electrons. The number of halogens is 1. The summed E-state index contributed by atoms with van der Waals surface area (Å²) in [6, 6.07) is 14.2. The van der Waals surface area contributed by atoms with Crippen LogP contribution in [0.3, 0.4) is 0 Å². The van der Waals surface area contributed by atoms with E-state index in [4.69, 9.17) is 4.74 Å². The predicted molar refractivity (Wildman–Crippen MR) is 104 cm³/mol. The van der Waals surface area contributed by atoms with Crippen LogP contribution in [0.2, 0.25) is 0 Å². The Morgan fingerprint density at radius 3 is 2.56 bits per heavy atom. The molecule has 1 N–H and O–H groups in total. The fourth-order valence-corrected chi connectivity index (χ4v) is 3.24. The molecular weight excluding hydrogens is 345 g/mol. The van der Waals surface area contributed by atoms with E-state index in [1.54, 1.807) is 12.1 Å². The highest BCUT2D eigenvalue weighted by atomic mass is 19.1. The quantitative estimate of drug-likeness (QED) is 0.813. The number of rotatable bonds is 7. The topological polar surface area (TPSA) is 44.8 Å². The lowest BCUT2D eigenvalue weighted by atomic mass is 10.2. The number of amides is 1. The third-order valence-electron chi connectivity index (χ3n) is 4.59. The van der Waals surface area contributed by atoms with Crippen LogP contribution in [0.1, 0.15) is 12.5 Å². The SMILES string of the molecule is CCOc1ccccc1NC(=O)CN1CCN(Cc2cccc(F)c2)CC1. The normalized spacial score (nSPS) is 15.5. The van der Waals surface area contributed by atoms with Gasteiger partial charge in [0, 0.05) is 32.7 Å². The molecule has 3 rings (SSSR count). The van der Waals surface area contributed by atoms with Gasteiger partial charge in [0.15, 0.2) is 0 Å². The number of anilines is 1. The molecule has 0 saturated carbocycles. The van der Waals surface area contributed by atoms with Crippen LogP contribution in [0.15, 0.2) is 48.5 Å². The van der Waals surface area contributed by atoms with Gasteiger partial charge in [0.2, 0.25) is 5.91 Å². The second-order valence-electron chi connectivity index (χ2n) is 6.66. The smallest absolute Gasteiger partial charge is 0.238 e. The maximum absolute atomic E-state index is 13.3. The minimum absolute atomic E-state index is 0.0410. The van der Waals surface area contributed by atoms with Gasteiger partial charge in [-0.3, -0.25) is 14.6 Å². The molecule has 6 heteroatoms. The fourth-order valence-electron chi connectivity index (χ4n) is 3.24. The molecule has 0 aromatic heterocycles. The first kappa shape index (κ1) is 19.3. The van der Waals surface area contributed by atoms with Crippen LogP contribution in [-0.4, -0.2) is 55.0 Å². The third-order valence-corrected chi connectivity index (χ3v) is 4.59. The number of carbonyl (C=O) groups excluding carboxylic acids is 1. The molecule has 0 aliphatic carbocycles. The Labute approximate surface area is 159 Å². The second kappa shape index (κ2) is 9.48. The van der Waals surface area contributed by atoms with E-state index >= 15 is 0 Å². The van der Waals surface area contributed by atoms with Gasteiger partial charge in [-0.15, -0.1) is 0 Å². The van der Waals surface area contributed by atoms with Gasteiger partial charge in [0.05, 0.1) is 18.8 Å². The van der Waals surface area contributed by atoms with Crippen LogP contribution in [0, 0.1) is 5.82 Å². The lowest BCUT2D eigenvalue weighted by Gasteiger charge is -2.34. The van der Waals surface area contributed by atoms with Gasteiger partial charge in [-0.25, -0.2) is 4.39 Å². The van der Waals surface area contributed by atoms with Crippen molar-refractivity contribution in [3.63, 3.8) is 0 Å². The summed E-state index contributed by atoms with van der Waals surface area (Å²) < 4.78 is 18.8. The molecule has 1 heterocycles. The standard InChI is InChI=1S/C21H26FN3O2/c1-2-27-20-9-4-3-8-19(20)23-21(26)16-25-12-10-24(11-13-25)15-17-6-5-7-18(22)14-17/h3-9,14H,2,10-13,15-16H2,1H3,(H,23,26). The van der Waals surface area contributed by atoms with E-state index in [9.17, 15) is 9.18 Å². The highest BCUT2D eigenvalue weighted by Crippen LogP contribution is 2.23. The van der Waals surface area contributed by atoms with Crippen molar-refractivity contribution in [1.29, 1.82) is 0 Å². The van der Waals surface area contributed by atoms with Gasteiger partial charge in [-0.05, 0) is 36.8 Å². The summed E-state index contributed by atoms with van der Waals surface area (Å²) in [5.41, 5.74) is 1.68. The van der Waals surface area contributed by atoms with Crippen molar-refractivity contribution in [3.8, 4) is 5.75 Å². The first-order valence-corrected chi connectivity index (χ1v) is 9.35. The predicted octanol–water partition coefficient (Wildman–Crippen LogP) is 2.98. The summed E-state index contributed by atoms with van der Waals surface area (Å²) in [6.07, 6.45) is 0. The molecule has 2 aromatic rings. The molecule has 1 saturated heterocycles. The van der Waals surface area contributed by atoms with Crippen molar-refractivity contribution in [2.45, 2.75) is 13.5 Å². The zero-order valence-corrected chi connectivity index (χ0v) is 15.7. The van der Waals surface area contributed by atoms with Gasteiger partial charge < -0.3 is 10.1 Å². The molecule has 0 bridgehead atoms. The third kappa shape index (κ3) is 5.77. The van der Waals surface area contributed by atoms with E-state index < -0.39 is 0 Å². The summed E-state index contributed by atoms with van der Waals surface area (Å²) in [5.74, 6) is 0.448. The maximum Gasteiger partial charge on any atom is 0.238 e. The minimum atomic E-state index is -0.199. The van der Waals surface area contributed by atoms with Crippen molar-refractivity contribution in [2.75, 3.05) is 44.6 Å². The molecule has 1 aliphatic rings. The molecule has 1 amide bonds. The Hall–Kier alpha value is -2.44. The second-order valence-corrected chi connectivity index (χ2v) is 6.66. The van der Waals surface area contributed by atoms with E-state index in [2.05, 4.69) is 15.1 Å². The van der Waals surface area contributed by atoms with E-state index in [-0.39, 0.29) is 11.7 Å². The highest BCUT2D eigenvalue weighted by Gasteiger charge is 2.19. The van der Waals surface area contributed by atoms with Crippen LogP contribution < -0.4 is 10.1 Å². The largest absolute Gasteiger partial charge is 0.492 e. The molecule has 0 radical (unpaired) electrons. The summed E-state index contributed by atoms with van der Waals surface area (Å²) in [4.78, 5) is 16.8. The van der Waals surface area contributed by atoms with Gasteiger partial charge in [0.1, 0.15) is 11.6 Å². The van der Waals surface area contributed by atoms with Crippen LogP contribution in [0.4, 0.5) is 10.1 Å². The van der Waals surface area contributed by atoms with Crippen LogP contribution in [-0.2, 0) is 11.3 Å². The molecule has 0 spiro atoms. The van der Waals surface area contributed by atoms with Gasteiger partial charge >= 0.3 is 0 Å². The molecular formula is C21H26FN3O2. The van der Waals surface area contributed by atoms with Crippen molar-refractivity contribution >= 4 is 11.6 Å². The lowest BCUT2D eigenvalue weighted by Crippen LogP contribution is -2.48. The van der Waals surface area contributed by atoms with Crippen molar-refractivity contribution in [2.24, 2.45) is 0 Å². The molecule has 5 nitrogen and oxygen atoms in total. The average Bonchev–Trinajstić information content (AvgIpc) is 2.65. The average molecular weight is 371 g/mol. The number of nitrogens with one attached hydrogen (secondary N) is 1. The van der Waals surface area contributed by atoms with E-state index in [0.29, 0.717) is 24.6 Å². The van der Waals surface area contributed by atoms with E-state index in [0.717, 1.165) is 38.3 Å². The fraction of sp³-hybridized carbons (Fsp3) is 0.381. The molecule has 2 aromatic carbocycles. The monoisotopic (exact) mass is 371 g/mol. The zero-order chi connectivity index (χ0) is 19.1. The molecule has 0 atom stereocenters. The number of ether oxygens (including phenoxy) is 1. The van der Waals surface area contributed by atoms with Gasteiger partial charge in [0.25, 0.3) is 0 Å². The molecule has 1 fully saturated rings. The lowest BCUT2D eigenvalue weighted by molar-refractivity contribution is -0.117. The Morgan fingerprint density at radius 1 is 1.07 bits per heavy atom. The number of piperazine rings is 1. The summed E-state index contributed by atoms with van der Waals surface area (Å²) >= 11 is 0. The van der Waals surface area contributed by atoms with E-state index in [1.165, 1.54) is 6.07 Å². The van der Waals surface area contributed by atoms with E-state index in [1.807, 2.05) is 37.3 Å². The van der Waals surface area contributed by atoms with Gasteiger partial charge in [-0.1, -0.05) is 24.3 Å². The maximum atomic E-state index is 13.3. The summed E-state index contributed by atoms with van der Waals surface area (Å²) in [7, 11) is 0. The van der Waals surface area contributed by atoms with Crippen molar-refractivity contribution < 1.29 is 13.9 Å². The number of nitrogens with zero attached hydrogens (tertiary/aromatic N) is 2. The van der Waals surface area contributed by atoms with Crippen LogP contribution in [0.5, 0.6) is 5.75 Å². The number of hydrogen-bond donors (Lipinski definition) is 1. The van der Waals surface area contributed by atoms with Crippen molar-refractivity contribution in [1.82, 2.24) is 9.80 Å². The molecule has 27 heavy (non-hydrogen) atoms. The number of carbonyl (C=O) groups is 1. The first-order chi connectivity index (χ1) is 13.1. The van der Waals surface area contributed by atoms with Crippen LogP contribution in [0.25, 0.3) is 0 Å². The number of para-hydroxylation sites is 2. The Kier molecular flexibility index (Phi) is 6.79. The molecule has 1 aliphatic heterocycles. The summed E-state index contributed by atoms with van der Waals surface area (Å²) in [5, 5.41) is 2.94. The minimum Gasteiger partial charge on any atom is -0.492 e. The van der Waals surface area contributed by atoms with Crippen LogP contribution >= 0.6 is 0 Å². The molecule has 0 unspecified atom stereocenters. The highest BCUT2D eigenvalue weighted by molar-refractivity contribution is 5.93. The Balaban J connectivity index is 1.45. The Morgan fingerprint density at radius 2 is 1.81 bits per heavy atom. The number of benzene rings is 2. The first-order valence-electron chi connectivity index (χ1n) is 9.35. The zero-order valence-electron chi connectivity index (χ0n) is 15.7. The number of hydrogen-bond acceptors (Lipinski definition) is 4.